The van der Waals surface area contributed by atoms with E-state index >= 15 is 0 Å². The predicted octanol–water partition coefficient (Wildman–Crippen LogP) is 5.76. The molecule has 0 unspecified atom stereocenters. The molecule has 0 saturated carbocycles. The van der Waals surface area contributed by atoms with Gasteiger partial charge in [-0.25, -0.2) is 0 Å². The first-order chi connectivity index (χ1) is 12.3. The molecule has 0 N–H and O–H groups in total. The van der Waals surface area contributed by atoms with E-state index in [0.717, 1.165) is 24.0 Å². The van der Waals surface area contributed by atoms with Gasteiger partial charge < -0.3 is 4.74 Å². The summed E-state index contributed by atoms with van der Waals surface area (Å²) in [6.45, 7) is 2.73. The molecule has 25 heavy (non-hydrogen) atoms. The number of para-hydroxylation sites is 1. The van der Waals surface area contributed by atoms with Gasteiger partial charge in [0.05, 0.1) is 12.2 Å². The van der Waals surface area contributed by atoms with E-state index in [0.29, 0.717) is 23.5 Å². The summed E-state index contributed by atoms with van der Waals surface area (Å²) in [5.74, 6) is 0.667. The molecule has 3 aromatic carbocycles. The smallest absolute Gasteiger partial charge is 0.196 e. The Morgan fingerprint density at radius 1 is 0.840 bits per heavy atom. The lowest BCUT2D eigenvalue weighted by atomic mass is 9.96. The Bertz CT molecular complexity index is 823. The number of hydrogen-bond donors (Lipinski definition) is 0. The topological polar surface area (TPSA) is 26.3 Å². The molecular formula is C23H22O2. The van der Waals surface area contributed by atoms with Gasteiger partial charge in [-0.15, -0.1) is 0 Å². The maximum Gasteiger partial charge on any atom is 0.196 e. The number of ketones is 1. The summed E-state index contributed by atoms with van der Waals surface area (Å²) in [6.07, 6.45) is 2.01. The molecule has 2 heteroatoms. The zero-order valence-corrected chi connectivity index (χ0v) is 14.4. The number of rotatable bonds is 7. The first kappa shape index (κ1) is 17.0. The van der Waals surface area contributed by atoms with E-state index in [9.17, 15) is 4.79 Å². The Labute approximate surface area is 149 Å². The molecule has 0 aliphatic heterocycles. The van der Waals surface area contributed by atoms with Crippen molar-refractivity contribution in [1.82, 2.24) is 0 Å². The van der Waals surface area contributed by atoms with Crippen LogP contribution in [0.2, 0.25) is 0 Å². The van der Waals surface area contributed by atoms with Crippen molar-refractivity contribution in [3.8, 4) is 16.9 Å². The first-order valence-corrected chi connectivity index (χ1v) is 8.72. The van der Waals surface area contributed by atoms with Crippen LogP contribution in [-0.4, -0.2) is 12.4 Å². The molecule has 0 spiro atoms. The quantitative estimate of drug-likeness (QED) is 0.406. The zero-order valence-electron chi connectivity index (χ0n) is 14.4. The summed E-state index contributed by atoms with van der Waals surface area (Å²) in [4.78, 5) is 13.0. The van der Waals surface area contributed by atoms with E-state index in [4.69, 9.17) is 4.74 Å². The maximum atomic E-state index is 13.0. The lowest BCUT2D eigenvalue weighted by Gasteiger charge is -2.16. The van der Waals surface area contributed by atoms with Crippen molar-refractivity contribution >= 4 is 5.78 Å². The lowest BCUT2D eigenvalue weighted by Crippen LogP contribution is -2.07. The molecule has 0 heterocycles. The average Bonchev–Trinajstić information content (AvgIpc) is 2.69. The van der Waals surface area contributed by atoms with Crippen LogP contribution in [-0.2, 0) is 0 Å². The summed E-state index contributed by atoms with van der Waals surface area (Å²) in [6, 6.07) is 25.2. The fraction of sp³-hybridized carbons (Fsp3) is 0.174. The van der Waals surface area contributed by atoms with Crippen molar-refractivity contribution in [2.75, 3.05) is 6.61 Å². The van der Waals surface area contributed by atoms with Crippen LogP contribution in [0.1, 0.15) is 35.7 Å². The number of carbonyl (C=O) groups is 1. The number of ether oxygens (including phenoxy) is 1. The number of carbonyl (C=O) groups excluding carboxylic acids is 1. The molecule has 0 aliphatic rings. The molecule has 0 aromatic heterocycles. The second-order valence-electron chi connectivity index (χ2n) is 5.95. The standard InChI is InChI=1S/C23H22O2/c1-2-3-17-25-23-20(18-11-6-4-7-12-18)15-10-16-21(23)22(24)19-13-8-5-9-14-19/h4-16H,2-3,17H2,1H3. The monoisotopic (exact) mass is 330 g/mol. The molecule has 0 saturated heterocycles. The van der Waals surface area contributed by atoms with Gasteiger partial charge in [0, 0.05) is 11.1 Å². The number of benzene rings is 3. The molecule has 3 aromatic rings. The minimum atomic E-state index is -0.00937. The highest BCUT2D eigenvalue weighted by atomic mass is 16.5. The molecule has 2 nitrogen and oxygen atoms in total. The lowest BCUT2D eigenvalue weighted by molar-refractivity contribution is 0.103. The predicted molar refractivity (Wildman–Crippen MR) is 102 cm³/mol. The van der Waals surface area contributed by atoms with Crippen LogP contribution in [0.15, 0.2) is 78.9 Å². The third kappa shape index (κ3) is 3.97. The molecule has 0 amide bonds. The van der Waals surface area contributed by atoms with Crippen molar-refractivity contribution in [1.29, 1.82) is 0 Å². The van der Waals surface area contributed by atoms with Gasteiger partial charge in [0.1, 0.15) is 5.75 Å². The van der Waals surface area contributed by atoms with Gasteiger partial charge in [-0.05, 0) is 18.1 Å². The summed E-state index contributed by atoms with van der Waals surface area (Å²) in [7, 11) is 0. The third-order valence-electron chi connectivity index (χ3n) is 4.12. The summed E-state index contributed by atoms with van der Waals surface area (Å²) in [5.41, 5.74) is 3.30. The van der Waals surface area contributed by atoms with Crippen LogP contribution < -0.4 is 4.74 Å². The highest BCUT2D eigenvalue weighted by Gasteiger charge is 2.18. The summed E-state index contributed by atoms with van der Waals surface area (Å²) >= 11 is 0. The van der Waals surface area contributed by atoms with Crippen LogP contribution >= 0.6 is 0 Å². The first-order valence-electron chi connectivity index (χ1n) is 8.72. The second-order valence-corrected chi connectivity index (χ2v) is 5.95. The molecule has 0 aliphatic carbocycles. The molecule has 0 radical (unpaired) electrons. The minimum absolute atomic E-state index is 0.00937. The van der Waals surface area contributed by atoms with E-state index in [2.05, 4.69) is 6.92 Å². The van der Waals surface area contributed by atoms with Crippen molar-refractivity contribution in [3.05, 3.63) is 90.0 Å². The van der Waals surface area contributed by atoms with Crippen LogP contribution in [0, 0.1) is 0 Å². The van der Waals surface area contributed by atoms with Crippen molar-refractivity contribution < 1.29 is 9.53 Å². The summed E-state index contributed by atoms with van der Waals surface area (Å²) < 4.78 is 6.08. The third-order valence-corrected chi connectivity index (χ3v) is 4.12. The minimum Gasteiger partial charge on any atom is -0.492 e. The highest BCUT2D eigenvalue weighted by molar-refractivity contribution is 6.11. The Balaban J connectivity index is 2.06. The van der Waals surface area contributed by atoms with Gasteiger partial charge >= 0.3 is 0 Å². The van der Waals surface area contributed by atoms with Gasteiger partial charge in [-0.2, -0.15) is 0 Å². The van der Waals surface area contributed by atoms with Crippen molar-refractivity contribution in [2.45, 2.75) is 19.8 Å². The molecule has 0 fully saturated rings. The molecule has 3 rings (SSSR count). The highest BCUT2D eigenvalue weighted by Crippen LogP contribution is 2.34. The second kappa shape index (κ2) is 8.29. The van der Waals surface area contributed by atoms with E-state index in [-0.39, 0.29) is 5.78 Å². The fourth-order valence-electron chi connectivity index (χ4n) is 2.78. The van der Waals surface area contributed by atoms with Crippen LogP contribution in [0.3, 0.4) is 0 Å². The van der Waals surface area contributed by atoms with E-state index in [1.807, 2.05) is 78.9 Å². The normalized spacial score (nSPS) is 10.4. The Kier molecular flexibility index (Phi) is 5.63. The van der Waals surface area contributed by atoms with Gasteiger partial charge in [0.15, 0.2) is 5.78 Å². The van der Waals surface area contributed by atoms with E-state index in [1.165, 1.54) is 0 Å². The van der Waals surface area contributed by atoms with Crippen LogP contribution in [0.4, 0.5) is 0 Å². The molecule has 126 valence electrons. The van der Waals surface area contributed by atoms with Crippen LogP contribution in [0.5, 0.6) is 5.75 Å². The van der Waals surface area contributed by atoms with Gasteiger partial charge in [0.25, 0.3) is 0 Å². The van der Waals surface area contributed by atoms with Gasteiger partial charge in [0.2, 0.25) is 0 Å². The fourth-order valence-corrected chi connectivity index (χ4v) is 2.78. The van der Waals surface area contributed by atoms with Crippen molar-refractivity contribution in [3.63, 3.8) is 0 Å². The average molecular weight is 330 g/mol. The summed E-state index contributed by atoms with van der Waals surface area (Å²) in [5, 5.41) is 0. The van der Waals surface area contributed by atoms with Gasteiger partial charge in [-0.1, -0.05) is 86.1 Å². The van der Waals surface area contributed by atoms with Gasteiger partial charge in [-0.3, -0.25) is 4.79 Å². The van der Waals surface area contributed by atoms with E-state index in [1.54, 1.807) is 0 Å². The zero-order chi connectivity index (χ0) is 17.5. The number of unbranched alkanes of at least 4 members (excludes halogenated alkanes) is 1. The molecular weight excluding hydrogens is 308 g/mol. The van der Waals surface area contributed by atoms with E-state index < -0.39 is 0 Å². The Hall–Kier alpha value is -2.87. The SMILES string of the molecule is CCCCOc1c(C(=O)c2ccccc2)cccc1-c1ccccc1. The largest absolute Gasteiger partial charge is 0.492 e. The molecule has 0 atom stereocenters. The Morgan fingerprint density at radius 2 is 1.52 bits per heavy atom. The van der Waals surface area contributed by atoms with Crippen LogP contribution in [0.25, 0.3) is 11.1 Å². The Morgan fingerprint density at radius 3 is 2.20 bits per heavy atom. The molecule has 0 bridgehead atoms. The maximum absolute atomic E-state index is 13.0. The number of hydrogen-bond acceptors (Lipinski definition) is 2. The van der Waals surface area contributed by atoms with Crippen molar-refractivity contribution in [2.24, 2.45) is 0 Å².